The quantitative estimate of drug-likeness (QED) is 0.828. The van der Waals surface area contributed by atoms with E-state index in [1.165, 1.54) is 5.56 Å². The summed E-state index contributed by atoms with van der Waals surface area (Å²) in [5, 5.41) is 11.7. The molecule has 17 heavy (non-hydrogen) atoms. The highest BCUT2D eigenvalue weighted by Gasteiger charge is 2.28. The number of carbonyl (C=O) groups excluding carboxylic acids is 1. The van der Waals surface area contributed by atoms with Crippen LogP contribution in [0.4, 0.5) is 4.79 Å². The zero-order chi connectivity index (χ0) is 12.3. The number of amides is 2. The second-order valence-electron chi connectivity index (χ2n) is 4.44. The maximum absolute atomic E-state index is 11.7. The number of nitrogens with one attached hydrogen (secondary N) is 1. The highest BCUT2D eigenvalue weighted by atomic mass is 16.3. The van der Waals surface area contributed by atoms with Gasteiger partial charge >= 0.3 is 6.03 Å². The Hall–Kier alpha value is -1.55. The fourth-order valence-electron chi connectivity index (χ4n) is 2.03. The molecule has 0 bridgehead atoms. The average Bonchev–Trinajstić information content (AvgIpc) is 2.69. The van der Waals surface area contributed by atoms with E-state index in [9.17, 15) is 4.79 Å². The number of aryl methyl sites for hydroxylation is 1. The Labute approximate surface area is 101 Å². The van der Waals surface area contributed by atoms with Crippen LogP contribution in [0.3, 0.4) is 0 Å². The molecule has 1 atom stereocenters. The van der Waals surface area contributed by atoms with Crippen LogP contribution in [0, 0.1) is 6.92 Å². The van der Waals surface area contributed by atoms with Gasteiger partial charge in [0.2, 0.25) is 0 Å². The smallest absolute Gasteiger partial charge is 0.318 e. The zero-order valence-electron chi connectivity index (χ0n) is 10.0. The van der Waals surface area contributed by atoms with Crippen LogP contribution in [0.25, 0.3) is 0 Å². The second kappa shape index (κ2) is 5.19. The molecule has 92 valence electrons. The van der Waals surface area contributed by atoms with Crippen LogP contribution in [0.15, 0.2) is 24.3 Å². The van der Waals surface area contributed by atoms with Crippen molar-refractivity contribution in [3.05, 3.63) is 35.4 Å². The molecule has 0 saturated carbocycles. The third-order valence-corrected chi connectivity index (χ3v) is 3.05. The van der Waals surface area contributed by atoms with Gasteiger partial charge in [0, 0.05) is 19.7 Å². The normalized spacial score (nSPS) is 19.5. The Balaban J connectivity index is 2.00. The first-order chi connectivity index (χ1) is 8.20. The first-order valence-corrected chi connectivity index (χ1v) is 5.93. The summed E-state index contributed by atoms with van der Waals surface area (Å²) in [6.45, 7) is 3.47. The Morgan fingerprint density at radius 3 is 2.76 bits per heavy atom. The van der Waals surface area contributed by atoms with Gasteiger partial charge in [-0.15, -0.1) is 0 Å². The van der Waals surface area contributed by atoms with Gasteiger partial charge in [-0.2, -0.15) is 0 Å². The lowest BCUT2D eigenvalue weighted by Crippen LogP contribution is -2.29. The highest BCUT2D eigenvalue weighted by Crippen LogP contribution is 2.20. The van der Waals surface area contributed by atoms with Crippen LogP contribution in [0.1, 0.15) is 23.6 Å². The van der Waals surface area contributed by atoms with Crippen molar-refractivity contribution in [3.63, 3.8) is 0 Å². The minimum Gasteiger partial charge on any atom is -0.396 e. The van der Waals surface area contributed by atoms with Crippen LogP contribution in [0.2, 0.25) is 0 Å². The van der Waals surface area contributed by atoms with Gasteiger partial charge in [0.1, 0.15) is 0 Å². The fourth-order valence-corrected chi connectivity index (χ4v) is 2.03. The third-order valence-electron chi connectivity index (χ3n) is 3.05. The molecule has 0 aliphatic carbocycles. The SMILES string of the molecule is Cc1ccc(C2CN(CCCO)C(=O)N2)cc1. The fraction of sp³-hybridized carbons (Fsp3) is 0.462. The molecule has 1 fully saturated rings. The van der Waals surface area contributed by atoms with E-state index in [1.54, 1.807) is 4.90 Å². The van der Waals surface area contributed by atoms with E-state index in [0.717, 1.165) is 5.56 Å². The molecule has 1 aliphatic heterocycles. The molecule has 1 aromatic rings. The maximum Gasteiger partial charge on any atom is 0.318 e. The summed E-state index contributed by atoms with van der Waals surface area (Å²) in [5.41, 5.74) is 2.35. The number of rotatable bonds is 4. The molecule has 1 heterocycles. The van der Waals surface area contributed by atoms with Crippen molar-refractivity contribution in [1.29, 1.82) is 0 Å². The standard InChI is InChI=1S/C13H18N2O2/c1-10-3-5-11(6-4-10)12-9-15(7-2-8-16)13(17)14-12/h3-6,12,16H,2,7-9H2,1H3,(H,14,17). The molecule has 0 radical (unpaired) electrons. The molecule has 4 heteroatoms. The molecule has 1 aliphatic rings. The molecule has 4 nitrogen and oxygen atoms in total. The number of aliphatic hydroxyl groups is 1. The Kier molecular flexibility index (Phi) is 3.64. The predicted octanol–water partition coefficient (Wildman–Crippen LogP) is 1.44. The first-order valence-electron chi connectivity index (χ1n) is 5.93. The van der Waals surface area contributed by atoms with Crippen LogP contribution in [-0.4, -0.2) is 35.7 Å². The number of carbonyl (C=O) groups is 1. The van der Waals surface area contributed by atoms with Crippen molar-refractivity contribution in [1.82, 2.24) is 10.2 Å². The van der Waals surface area contributed by atoms with E-state index < -0.39 is 0 Å². The molecule has 1 unspecified atom stereocenters. The number of urea groups is 1. The third kappa shape index (κ3) is 2.77. The van der Waals surface area contributed by atoms with E-state index in [-0.39, 0.29) is 18.7 Å². The van der Waals surface area contributed by atoms with Gasteiger partial charge in [-0.25, -0.2) is 4.79 Å². The minimum absolute atomic E-state index is 0.0379. The van der Waals surface area contributed by atoms with Gasteiger partial charge in [-0.1, -0.05) is 29.8 Å². The maximum atomic E-state index is 11.7. The molecule has 2 rings (SSSR count). The summed E-state index contributed by atoms with van der Waals surface area (Å²) in [4.78, 5) is 13.4. The number of aliphatic hydroxyl groups excluding tert-OH is 1. The lowest BCUT2D eigenvalue weighted by atomic mass is 10.1. The van der Waals surface area contributed by atoms with Crippen molar-refractivity contribution in [2.24, 2.45) is 0 Å². The lowest BCUT2D eigenvalue weighted by molar-refractivity contribution is 0.209. The van der Waals surface area contributed by atoms with E-state index >= 15 is 0 Å². The minimum atomic E-state index is -0.0379. The van der Waals surface area contributed by atoms with Crippen molar-refractivity contribution in [3.8, 4) is 0 Å². The summed E-state index contributed by atoms with van der Waals surface area (Å²) in [5.74, 6) is 0. The molecular formula is C13H18N2O2. The molecule has 0 aromatic heterocycles. The number of nitrogens with zero attached hydrogens (tertiary/aromatic N) is 1. The topological polar surface area (TPSA) is 52.6 Å². The number of hydrogen-bond donors (Lipinski definition) is 2. The van der Waals surface area contributed by atoms with Crippen LogP contribution in [-0.2, 0) is 0 Å². The van der Waals surface area contributed by atoms with Crippen molar-refractivity contribution >= 4 is 6.03 Å². The monoisotopic (exact) mass is 234 g/mol. The predicted molar refractivity (Wildman–Crippen MR) is 65.7 cm³/mol. The lowest BCUT2D eigenvalue weighted by Gasteiger charge is -2.13. The summed E-state index contributed by atoms with van der Waals surface area (Å²) in [6, 6.07) is 8.24. The second-order valence-corrected chi connectivity index (χ2v) is 4.44. The molecule has 0 spiro atoms. The molecule has 2 N–H and O–H groups in total. The Morgan fingerprint density at radius 2 is 2.12 bits per heavy atom. The average molecular weight is 234 g/mol. The summed E-state index contributed by atoms with van der Waals surface area (Å²) >= 11 is 0. The van der Waals surface area contributed by atoms with E-state index in [0.29, 0.717) is 19.5 Å². The van der Waals surface area contributed by atoms with Gasteiger partial charge < -0.3 is 15.3 Å². The van der Waals surface area contributed by atoms with Crippen LogP contribution < -0.4 is 5.32 Å². The Morgan fingerprint density at radius 1 is 1.41 bits per heavy atom. The van der Waals surface area contributed by atoms with Gasteiger partial charge in [0.25, 0.3) is 0 Å². The molecular weight excluding hydrogens is 216 g/mol. The highest BCUT2D eigenvalue weighted by molar-refractivity contribution is 5.77. The van der Waals surface area contributed by atoms with Crippen LogP contribution in [0.5, 0.6) is 0 Å². The van der Waals surface area contributed by atoms with Gasteiger partial charge in [-0.05, 0) is 18.9 Å². The van der Waals surface area contributed by atoms with Gasteiger partial charge in [0.05, 0.1) is 6.04 Å². The van der Waals surface area contributed by atoms with Crippen molar-refractivity contribution < 1.29 is 9.90 Å². The molecule has 2 amide bonds. The summed E-state index contributed by atoms with van der Waals surface area (Å²) < 4.78 is 0. The van der Waals surface area contributed by atoms with Crippen molar-refractivity contribution in [2.45, 2.75) is 19.4 Å². The van der Waals surface area contributed by atoms with Gasteiger partial charge in [-0.3, -0.25) is 0 Å². The number of hydrogen-bond acceptors (Lipinski definition) is 2. The van der Waals surface area contributed by atoms with Gasteiger partial charge in [0.15, 0.2) is 0 Å². The van der Waals surface area contributed by atoms with E-state index in [4.69, 9.17) is 5.11 Å². The number of benzene rings is 1. The molecule has 1 aromatic carbocycles. The largest absolute Gasteiger partial charge is 0.396 e. The van der Waals surface area contributed by atoms with E-state index in [1.807, 2.05) is 6.92 Å². The van der Waals surface area contributed by atoms with Crippen molar-refractivity contribution in [2.75, 3.05) is 19.7 Å². The molecule has 1 saturated heterocycles. The van der Waals surface area contributed by atoms with E-state index in [2.05, 4.69) is 29.6 Å². The first kappa shape index (κ1) is 11.9. The Bertz CT molecular complexity index is 389. The summed E-state index contributed by atoms with van der Waals surface area (Å²) in [6.07, 6.45) is 0.633. The van der Waals surface area contributed by atoms with Crippen LogP contribution >= 0.6 is 0 Å². The zero-order valence-corrected chi connectivity index (χ0v) is 10.0. The summed E-state index contributed by atoms with van der Waals surface area (Å²) in [7, 11) is 0.